The lowest BCUT2D eigenvalue weighted by molar-refractivity contribution is -0.119. The maximum Gasteiger partial charge on any atom is 0.241 e. The second-order valence-corrected chi connectivity index (χ2v) is 4.45. The molecule has 0 saturated carbocycles. The molecule has 1 atom stereocenters. The van der Waals surface area contributed by atoms with Crippen molar-refractivity contribution < 1.29 is 9.59 Å². The molecular formula is C14H21N3O2. The number of rotatable bonds is 8. The van der Waals surface area contributed by atoms with E-state index < -0.39 is 0 Å². The summed E-state index contributed by atoms with van der Waals surface area (Å²) in [5, 5.41) is 5.94. The zero-order chi connectivity index (χ0) is 14.1. The van der Waals surface area contributed by atoms with Gasteiger partial charge >= 0.3 is 0 Å². The Morgan fingerprint density at radius 1 is 1.21 bits per heavy atom. The monoisotopic (exact) mass is 263 g/mol. The molecule has 0 aromatic heterocycles. The zero-order valence-corrected chi connectivity index (χ0v) is 11.2. The summed E-state index contributed by atoms with van der Waals surface area (Å²) in [5.41, 5.74) is 5.83. The Hall–Kier alpha value is -1.88. The molecule has 0 aliphatic rings. The van der Waals surface area contributed by atoms with Gasteiger partial charge in [-0.3, -0.25) is 9.59 Å². The van der Waals surface area contributed by atoms with Gasteiger partial charge in [0, 0.05) is 12.1 Å². The minimum absolute atomic E-state index is 0.0684. The summed E-state index contributed by atoms with van der Waals surface area (Å²) in [6, 6.07) is 9.06. The largest absolute Gasteiger partial charge is 0.370 e. The van der Waals surface area contributed by atoms with Gasteiger partial charge in [-0.15, -0.1) is 0 Å². The van der Waals surface area contributed by atoms with E-state index in [0.717, 1.165) is 18.5 Å². The first-order valence-corrected chi connectivity index (χ1v) is 6.47. The van der Waals surface area contributed by atoms with Crippen LogP contribution in [-0.2, 0) is 9.59 Å². The normalized spacial score (nSPS) is 11.8. The molecule has 104 valence electrons. The number of carbonyl (C=O) groups excluding carboxylic acids is 2. The number of carbonyl (C=O) groups is 2. The van der Waals surface area contributed by atoms with Crippen molar-refractivity contribution in [2.45, 2.75) is 32.2 Å². The minimum atomic E-state index is -0.283. The van der Waals surface area contributed by atoms with Crippen molar-refractivity contribution >= 4 is 17.5 Å². The van der Waals surface area contributed by atoms with Gasteiger partial charge in [-0.1, -0.05) is 18.2 Å². The van der Waals surface area contributed by atoms with Gasteiger partial charge in [-0.2, -0.15) is 0 Å². The summed E-state index contributed by atoms with van der Waals surface area (Å²) in [7, 11) is 0. The molecule has 1 aromatic carbocycles. The van der Waals surface area contributed by atoms with E-state index in [9.17, 15) is 9.59 Å². The molecule has 5 heteroatoms. The van der Waals surface area contributed by atoms with Crippen LogP contribution in [0.2, 0.25) is 0 Å². The highest BCUT2D eigenvalue weighted by Gasteiger charge is 2.11. The van der Waals surface area contributed by atoms with Gasteiger partial charge in [-0.25, -0.2) is 0 Å². The van der Waals surface area contributed by atoms with Crippen LogP contribution in [0.5, 0.6) is 0 Å². The average Bonchev–Trinajstić information content (AvgIpc) is 2.38. The lowest BCUT2D eigenvalue weighted by Gasteiger charge is -2.13. The fourth-order valence-corrected chi connectivity index (χ4v) is 1.61. The third-order valence-electron chi connectivity index (χ3n) is 2.74. The number of amides is 2. The molecule has 0 bridgehead atoms. The number of nitrogens with one attached hydrogen (secondary N) is 2. The SMILES string of the molecule is CC(NCCCCC(N)=O)C(=O)Nc1ccccc1. The van der Waals surface area contributed by atoms with Crippen LogP contribution in [-0.4, -0.2) is 24.4 Å². The molecule has 2 amide bonds. The first-order valence-electron chi connectivity index (χ1n) is 6.47. The Morgan fingerprint density at radius 3 is 2.53 bits per heavy atom. The Balaban J connectivity index is 2.20. The molecule has 5 nitrogen and oxygen atoms in total. The quantitative estimate of drug-likeness (QED) is 0.617. The zero-order valence-electron chi connectivity index (χ0n) is 11.2. The Kier molecular flexibility index (Phi) is 6.60. The smallest absolute Gasteiger partial charge is 0.241 e. The number of para-hydroxylation sites is 1. The number of primary amides is 1. The van der Waals surface area contributed by atoms with Gasteiger partial charge < -0.3 is 16.4 Å². The number of nitrogens with two attached hydrogens (primary N) is 1. The Bertz CT molecular complexity index is 406. The van der Waals surface area contributed by atoms with Crippen LogP contribution in [0.1, 0.15) is 26.2 Å². The number of hydrogen-bond acceptors (Lipinski definition) is 3. The third-order valence-corrected chi connectivity index (χ3v) is 2.74. The van der Waals surface area contributed by atoms with Crippen molar-refractivity contribution in [1.82, 2.24) is 5.32 Å². The fourth-order valence-electron chi connectivity index (χ4n) is 1.61. The molecule has 0 spiro atoms. The predicted molar refractivity (Wildman–Crippen MR) is 75.6 cm³/mol. The van der Waals surface area contributed by atoms with Crippen LogP contribution < -0.4 is 16.4 Å². The lowest BCUT2D eigenvalue weighted by Crippen LogP contribution is -2.38. The highest BCUT2D eigenvalue weighted by atomic mass is 16.2. The van der Waals surface area contributed by atoms with Crippen molar-refractivity contribution in [3.63, 3.8) is 0 Å². The van der Waals surface area contributed by atoms with Gasteiger partial charge in [0.05, 0.1) is 6.04 Å². The molecular weight excluding hydrogens is 242 g/mol. The van der Waals surface area contributed by atoms with Gasteiger partial charge in [0.1, 0.15) is 0 Å². The van der Waals surface area contributed by atoms with E-state index in [1.165, 1.54) is 0 Å². The van der Waals surface area contributed by atoms with Gasteiger partial charge in [0.25, 0.3) is 0 Å². The first-order chi connectivity index (χ1) is 9.09. The predicted octanol–water partition coefficient (Wildman–Crippen LogP) is 1.26. The first kappa shape index (κ1) is 15.2. The van der Waals surface area contributed by atoms with E-state index in [4.69, 9.17) is 5.73 Å². The Morgan fingerprint density at radius 2 is 1.89 bits per heavy atom. The molecule has 0 heterocycles. The Labute approximate surface area is 113 Å². The van der Waals surface area contributed by atoms with Crippen molar-refractivity contribution in [2.75, 3.05) is 11.9 Å². The maximum atomic E-state index is 11.8. The van der Waals surface area contributed by atoms with Crippen LogP contribution in [0.3, 0.4) is 0 Å². The van der Waals surface area contributed by atoms with Crippen LogP contribution in [0.15, 0.2) is 30.3 Å². The number of hydrogen-bond donors (Lipinski definition) is 3. The van der Waals surface area contributed by atoms with Crippen molar-refractivity contribution in [3.8, 4) is 0 Å². The molecule has 1 rings (SSSR count). The van der Waals surface area contributed by atoms with Crippen molar-refractivity contribution in [1.29, 1.82) is 0 Å². The molecule has 19 heavy (non-hydrogen) atoms. The number of benzene rings is 1. The molecule has 1 unspecified atom stereocenters. The maximum absolute atomic E-state index is 11.8. The van der Waals surface area contributed by atoms with E-state index in [1.54, 1.807) is 0 Å². The minimum Gasteiger partial charge on any atom is -0.370 e. The van der Waals surface area contributed by atoms with Gasteiger partial charge in [-0.05, 0) is 38.4 Å². The number of anilines is 1. The molecule has 0 aliphatic carbocycles. The van der Waals surface area contributed by atoms with Gasteiger partial charge in [0.15, 0.2) is 0 Å². The summed E-state index contributed by atoms with van der Waals surface area (Å²) < 4.78 is 0. The van der Waals surface area contributed by atoms with Crippen LogP contribution >= 0.6 is 0 Å². The standard InChI is InChI=1S/C14H21N3O2/c1-11(16-10-6-5-9-13(15)18)14(19)17-12-7-3-2-4-8-12/h2-4,7-8,11,16H,5-6,9-10H2,1H3,(H2,15,18)(H,17,19). The molecule has 0 aliphatic heterocycles. The topological polar surface area (TPSA) is 84.2 Å². The highest BCUT2D eigenvalue weighted by molar-refractivity contribution is 5.94. The highest BCUT2D eigenvalue weighted by Crippen LogP contribution is 2.05. The summed E-state index contributed by atoms with van der Waals surface area (Å²) in [4.78, 5) is 22.4. The van der Waals surface area contributed by atoms with Crippen molar-refractivity contribution in [2.24, 2.45) is 5.73 Å². The number of unbranched alkanes of at least 4 members (excludes halogenated alkanes) is 1. The van der Waals surface area contributed by atoms with E-state index in [2.05, 4.69) is 10.6 Å². The molecule has 0 fully saturated rings. The van der Waals surface area contributed by atoms with Crippen LogP contribution in [0.25, 0.3) is 0 Å². The molecule has 1 aromatic rings. The lowest BCUT2D eigenvalue weighted by atomic mass is 10.2. The van der Waals surface area contributed by atoms with Crippen LogP contribution in [0, 0.1) is 0 Å². The van der Waals surface area contributed by atoms with Gasteiger partial charge in [0.2, 0.25) is 11.8 Å². The van der Waals surface area contributed by atoms with E-state index in [1.807, 2.05) is 37.3 Å². The van der Waals surface area contributed by atoms with E-state index in [-0.39, 0.29) is 17.9 Å². The molecule has 0 saturated heterocycles. The third kappa shape index (κ3) is 6.57. The molecule has 4 N–H and O–H groups in total. The van der Waals surface area contributed by atoms with Crippen LogP contribution in [0.4, 0.5) is 5.69 Å². The van der Waals surface area contributed by atoms with E-state index >= 15 is 0 Å². The van der Waals surface area contributed by atoms with Crippen molar-refractivity contribution in [3.05, 3.63) is 30.3 Å². The molecule has 0 radical (unpaired) electrons. The fraction of sp³-hybridized carbons (Fsp3) is 0.429. The summed E-state index contributed by atoms with van der Waals surface area (Å²) in [6.45, 7) is 2.50. The second kappa shape index (κ2) is 8.26. The summed E-state index contributed by atoms with van der Waals surface area (Å²) >= 11 is 0. The van der Waals surface area contributed by atoms with E-state index in [0.29, 0.717) is 13.0 Å². The average molecular weight is 263 g/mol. The summed E-state index contributed by atoms with van der Waals surface area (Å²) in [5.74, 6) is -0.351. The summed E-state index contributed by atoms with van der Waals surface area (Å²) in [6.07, 6.45) is 1.97. The second-order valence-electron chi connectivity index (χ2n) is 4.45.